The number of phosphoric acid groups is 1. The Bertz CT molecular complexity index is 295. The van der Waals surface area contributed by atoms with Gasteiger partial charge < -0.3 is 44.0 Å². The molecule has 0 bridgehead atoms. The molecule has 0 aromatic carbocycles. The number of hydrogen-bond donors (Lipinski definition) is 4. The Kier molecular flexibility index (Phi) is 7.36. The van der Waals surface area contributed by atoms with Crippen molar-refractivity contribution in [3.63, 3.8) is 0 Å². The average molecular weight is 395 g/mol. The van der Waals surface area contributed by atoms with Gasteiger partial charge in [-0.1, -0.05) is 0 Å². The minimum Gasteiger partial charge on any atom is -0.790 e. The number of aliphatic hydroxyl groups is 4. The van der Waals surface area contributed by atoms with Crippen LogP contribution in [0.3, 0.4) is 0 Å². The summed E-state index contributed by atoms with van der Waals surface area (Å²) in [5.41, 5.74) is 0. The summed E-state index contributed by atoms with van der Waals surface area (Å²) in [5, 5.41) is 36.6. The molecule has 1 saturated heterocycles. The fraction of sp³-hybridized carbons (Fsp3) is 1.00. The molecule has 0 aliphatic carbocycles. The molecule has 1 unspecified atom stereocenters. The van der Waals surface area contributed by atoms with Gasteiger partial charge in [0.25, 0.3) is 0 Å². The summed E-state index contributed by atoms with van der Waals surface area (Å²) in [6.45, 7) is -1.86. The molecule has 17 heavy (non-hydrogen) atoms. The number of phosphoric ester groups is 1. The SMILES string of the molecule is O=P([O-])([O-])OC[C@H]1OC(O)(CO)[C@@H](O)[C@@H]1O.[Ba+2]. The van der Waals surface area contributed by atoms with E-state index in [1.807, 2.05) is 0 Å². The molecule has 4 atom stereocenters. The quantitative estimate of drug-likeness (QED) is 0.270. The Balaban J connectivity index is 0.00000256. The molecule has 9 nitrogen and oxygen atoms in total. The summed E-state index contributed by atoms with van der Waals surface area (Å²) in [6.07, 6.45) is -4.93. The first-order valence-electron chi connectivity index (χ1n) is 4.23. The molecule has 0 saturated carbocycles. The van der Waals surface area contributed by atoms with Crippen LogP contribution in [0.15, 0.2) is 0 Å². The molecular formula is C6H11BaO9P. The summed E-state index contributed by atoms with van der Waals surface area (Å²) in [7, 11) is -5.23. The van der Waals surface area contributed by atoms with Gasteiger partial charge in [0, 0.05) is 0 Å². The van der Waals surface area contributed by atoms with Gasteiger partial charge in [0.2, 0.25) is 5.79 Å². The van der Waals surface area contributed by atoms with Crippen molar-refractivity contribution in [2.24, 2.45) is 0 Å². The van der Waals surface area contributed by atoms with E-state index in [-0.39, 0.29) is 48.9 Å². The zero-order valence-electron chi connectivity index (χ0n) is 8.63. The third-order valence-electron chi connectivity index (χ3n) is 2.15. The average Bonchev–Trinajstić information content (AvgIpc) is 2.40. The van der Waals surface area contributed by atoms with Crippen LogP contribution >= 0.6 is 7.82 Å². The van der Waals surface area contributed by atoms with Gasteiger partial charge in [-0.05, 0) is 0 Å². The molecule has 1 aliphatic rings. The first kappa shape index (κ1) is 18.5. The predicted molar refractivity (Wildman–Crippen MR) is 48.2 cm³/mol. The van der Waals surface area contributed by atoms with Gasteiger partial charge in [-0.25, -0.2) is 0 Å². The number of aliphatic hydroxyl groups excluding tert-OH is 3. The van der Waals surface area contributed by atoms with Crippen molar-refractivity contribution in [2.45, 2.75) is 24.1 Å². The molecule has 1 rings (SSSR count). The maximum Gasteiger partial charge on any atom is 2.00 e. The van der Waals surface area contributed by atoms with Crippen LogP contribution in [0, 0.1) is 0 Å². The van der Waals surface area contributed by atoms with Gasteiger partial charge in [0.1, 0.15) is 18.3 Å². The summed E-state index contributed by atoms with van der Waals surface area (Å²) in [5.74, 6) is -2.40. The van der Waals surface area contributed by atoms with E-state index in [9.17, 15) is 29.7 Å². The van der Waals surface area contributed by atoms with Crippen molar-refractivity contribution in [1.29, 1.82) is 0 Å². The third-order valence-corrected chi connectivity index (χ3v) is 2.61. The van der Waals surface area contributed by atoms with Gasteiger partial charge in [0.15, 0.2) is 0 Å². The first-order chi connectivity index (χ1) is 7.19. The van der Waals surface area contributed by atoms with Crippen LogP contribution in [0.5, 0.6) is 0 Å². The zero-order chi connectivity index (χ0) is 12.6. The molecule has 11 heteroatoms. The van der Waals surface area contributed by atoms with Gasteiger partial charge in [0.05, 0.1) is 21.0 Å². The molecule has 0 aromatic heterocycles. The van der Waals surface area contributed by atoms with Crippen LogP contribution < -0.4 is 9.79 Å². The summed E-state index contributed by atoms with van der Waals surface area (Å²) >= 11 is 0. The van der Waals surface area contributed by atoms with E-state index in [2.05, 4.69) is 9.26 Å². The maximum atomic E-state index is 10.1. The van der Waals surface area contributed by atoms with Crippen molar-refractivity contribution in [1.82, 2.24) is 0 Å². The predicted octanol–water partition coefficient (Wildman–Crippen LogP) is -4.75. The van der Waals surface area contributed by atoms with Crippen molar-refractivity contribution in [2.75, 3.05) is 13.2 Å². The van der Waals surface area contributed by atoms with E-state index in [4.69, 9.17) is 5.11 Å². The minimum atomic E-state index is -5.23. The summed E-state index contributed by atoms with van der Waals surface area (Å²) < 4.78 is 18.6. The van der Waals surface area contributed by atoms with Crippen LogP contribution in [-0.2, 0) is 13.8 Å². The molecule has 1 aliphatic heterocycles. The topological polar surface area (TPSA) is 163 Å². The van der Waals surface area contributed by atoms with Crippen molar-refractivity contribution < 1.29 is 44.0 Å². The summed E-state index contributed by atoms with van der Waals surface area (Å²) in [6, 6.07) is 0. The maximum absolute atomic E-state index is 10.1. The molecule has 96 valence electrons. The smallest absolute Gasteiger partial charge is 0.790 e. The number of ether oxygens (including phenoxy) is 1. The molecular weight excluding hydrogens is 384 g/mol. The number of rotatable bonds is 4. The van der Waals surface area contributed by atoms with Crippen molar-refractivity contribution in [3.8, 4) is 0 Å². The van der Waals surface area contributed by atoms with E-state index >= 15 is 0 Å². The Labute approximate surface area is 137 Å². The van der Waals surface area contributed by atoms with Gasteiger partial charge >= 0.3 is 48.9 Å². The van der Waals surface area contributed by atoms with Crippen molar-refractivity contribution >= 4 is 56.7 Å². The van der Waals surface area contributed by atoms with E-state index in [0.717, 1.165) is 0 Å². The monoisotopic (exact) mass is 396 g/mol. The zero-order valence-corrected chi connectivity index (χ0v) is 14.0. The fourth-order valence-corrected chi connectivity index (χ4v) is 1.63. The summed E-state index contributed by atoms with van der Waals surface area (Å²) in [4.78, 5) is 20.3. The van der Waals surface area contributed by atoms with Crippen LogP contribution in [0.1, 0.15) is 0 Å². The minimum absolute atomic E-state index is 0. The molecule has 4 N–H and O–H groups in total. The Morgan fingerprint density at radius 3 is 2.29 bits per heavy atom. The Morgan fingerprint density at radius 2 is 1.94 bits per heavy atom. The third kappa shape index (κ3) is 4.82. The molecule has 0 amide bonds. The molecule has 0 aromatic rings. The Hall–Kier alpha value is 1.48. The van der Waals surface area contributed by atoms with E-state index in [0.29, 0.717) is 0 Å². The molecule has 0 spiro atoms. The molecule has 1 fully saturated rings. The normalized spacial score (nSPS) is 37.9. The fourth-order valence-electron chi connectivity index (χ4n) is 1.30. The van der Waals surface area contributed by atoms with Crippen LogP contribution in [0.4, 0.5) is 0 Å². The second-order valence-electron chi connectivity index (χ2n) is 3.34. The van der Waals surface area contributed by atoms with Gasteiger partial charge in [-0.15, -0.1) is 0 Å². The Morgan fingerprint density at radius 1 is 1.41 bits per heavy atom. The van der Waals surface area contributed by atoms with Crippen molar-refractivity contribution in [3.05, 3.63) is 0 Å². The van der Waals surface area contributed by atoms with E-state index in [1.165, 1.54) is 0 Å². The molecule has 1 heterocycles. The van der Waals surface area contributed by atoms with Gasteiger partial charge in [-0.3, -0.25) is 0 Å². The second kappa shape index (κ2) is 6.77. The van der Waals surface area contributed by atoms with Crippen LogP contribution in [0.25, 0.3) is 0 Å². The van der Waals surface area contributed by atoms with Crippen LogP contribution in [0.2, 0.25) is 0 Å². The largest absolute Gasteiger partial charge is 2.00 e. The van der Waals surface area contributed by atoms with E-state index in [1.54, 1.807) is 0 Å². The molecule has 0 radical (unpaired) electrons. The second-order valence-corrected chi connectivity index (χ2v) is 4.49. The first-order valence-corrected chi connectivity index (χ1v) is 5.69. The van der Waals surface area contributed by atoms with Gasteiger partial charge in [-0.2, -0.15) is 0 Å². The van der Waals surface area contributed by atoms with Crippen LogP contribution in [-0.4, -0.2) is 107 Å². The number of hydrogen-bond acceptors (Lipinski definition) is 9. The standard InChI is InChI=1S/C6H13O9P.Ba/c7-2-6(10)5(9)4(8)3(15-6)1-14-16(11,12)13;/h3-5,7-10H,1-2H2,(H2,11,12,13);/q;+2/p-2/t3-,4-,5+,6?;/m1./s1. The van der Waals surface area contributed by atoms with E-state index < -0.39 is 45.1 Å².